The molecule has 0 aliphatic heterocycles. The largest absolute Gasteiger partial charge is 0.325 e. The van der Waals surface area contributed by atoms with E-state index in [9.17, 15) is 4.39 Å². The van der Waals surface area contributed by atoms with Crippen LogP contribution in [0, 0.1) is 5.82 Å². The first-order chi connectivity index (χ1) is 7.31. The topological polar surface area (TPSA) is 51.8 Å². The van der Waals surface area contributed by atoms with Crippen LogP contribution in [-0.2, 0) is 6.54 Å². The molecule has 0 aliphatic rings. The maximum absolute atomic E-state index is 13.6. The summed E-state index contributed by atoms with van der Waals surface area (Å²) in [6.07, 6.45) is 3.07. The molecule has 76 valence electrons. The molecule has 0 spiro atoms. The lowest BCUT2D eigenvalue weighted by molar-refractivity contribution is 0.625. The van der Waals surface area contributed by atoms with E-state index in [1.807, 2.05) is 0 Å². The summed E-state index contributed by atoms with van der Waals surface area (Å²) in [6, 6.07) is 6.66. The van der Waals surface area contributed by atoms with Gasteiger partial charge in [-0.3, -0.25) is 9.97 Å². The van der Waals surface area contributed by atoms with Crippen LogP contribution in [-0.4, -0.2) is 9.97 Å². The highest BCUT2D eigenvalue weighted by atomic mass is 19.1. The van der Waals surface area contributed by atoms with Crippen LogP contribution in [0.3, 0.4) is 0 Å². The minimum absolute atomic E-state index is 0.236. The molecule has 0 aromatic carbocycles. The normalized spacial score (nSPS) is 10.3. The van der Waals surface area contributed by atoms with Gasteiger partial charge in [0.1, 0.15) is 5.82 Å². The van der Waals surface area contributed by atoms with E-state index >= 15 is 0 Å². The van der Waals surface area contributed by atoms with Gasteiger partial charge in [-0.15, -0.1) is 0 Å². The Hall–Kier alpha value is -1.81. The first-order valence-corrected chi connectivity index (χ1v) is 4.57. The molecule has 0 bridgehead atoms. The number of hydrogen-bond acceptors (Lipinski definition) is 3. The van der Waals surface area contributed by atoms with Crippen molar-refractivity contribution in [2.24, 2.45) is 5.73 Å². The highest BCUT2D eigenvalue weighted by Gasteiger charge is 2.06. The van der Waals surface area contributed by atoms with Gasteiger partial charge in [0.2, 0.25) is 0 Å². The molecule has 2 aromatic rings. The van der Waals surface area contributed by atoms with Crippen molar-refractivity contribution in [3.8, 4) is 11.3 Å². The van der Waals surface area contributed by atoms with E-state index in [4.69, 9.17) is 5.73 Å². The molecule has 2 rings (SSSR count). The molecule has 0 atom stereocenters. The van der Waals surface area contributed by atoms with Crippen molar-refractivity contribution in [2.75, 3.05) is 0 Å². The Bertz CT molecular complexity index is 457. The molecule has 0 unspecified atom stereocenters. The smallest absolute Gasteiger partial charge is 0.136 e. The summed E-state index contributed by atoms with van der Waals surface area (Å²) in [7, 11) is 0. The molecule has 4 heteroatoms. The average molecular weight is 203 g/mol. The number of nitrogens with two attached hydrogens (primary N) is 1. The second kappa shape index (κ2) is 4.14. The van der Waals surface area contributed by atoms with Gasteiger partial charge >= 0.3 is 0 Å². The molecule has 3 nitrogen and oxygen atoms in total. The zero-order valence-electron chi connectivity index (χ0n) is 8.02. The maximum Gasteiger partial charge on any atom is 0.136 e. The van der Waals surface area contributed by atoms with E-state index in [1.165, 1.54) is 12.3 Å². The van der Waals surface area contributed by atoms with Crippen molar-refractivity contribution in [1.29, 1.82) is 0 Å². The zero-order chi connectivity index (χ0) is 10.7. The Labute approximate surface area is 86.8 Å². The summed E-state index contributed by atoms with van der Waals surface area (Å²) in [5, 5.41) is 0. The third kappa shape index (κ3) is 1.99. The van der Waals surface area contributed by atoms with Gasteiger partial charge < -0.3 is 5.73 Å². The second-order valence-corrected chi connectivity index (χ2v) is 3.07. The molecule has 2 aromatic heterocycles. The molecular weight excluding hydrogens is 193 g/mol. The van der Waals surface area contributed by atoms with Crippen molar-refractivity contribution in [3.05, 3.63) is 48.2 Å². The summed E-state index contributed by atoms with van der Waals surface area (Å²) in [4.78, 5) is 8.08. The molecule has 0 amide bonds. The molecule has 0 radical (unpaired) electrons. The molecule has 2 N–H and O–H groups in total. The fourth-order valence-electron chi connectivity index (χ4n) is 1.29. The van der Waals surface area contributed by atoms with Crippen molar-refractivity contribution in [2.45, 2.75) is 6.54 Å². The van der Waals surface area contributed by atoms with Gasteiger partial charge in [-0.05, 0) is 18.2 Å². The fourth-order valence-corrected chi connectivity index (χ4v) is 1.29. The number of pyridine rings is 2. The Morgan fingerprint density at radius 2 is 2.13 bits per heavy atom. The van der Waals surface area contributed by atoms with Gasteiger partial charge in [0.05, 0.1) is 17.0 Å². The monoisotopic (exact) mass is 203 g/mol. The number of rotatable bonds is 2. The van der Waals surface area contributed by atoms with E-state index in [0.717, 1.165) is 0 Å². The summed E-state index contributed by atoms with van der Waals surface area (Å²) in [5.41, 5.74) is 6.87. The van der Waals surface area contributed by atoms with E-state index in [0.29, 0.717) is 17.0 Å². The number of nitrogens with zero attached hydrogens (tertiary/aromatic N) is 2. The van der Waals surface area contributed by atoms with E-state index < -0.39 is 0 Å². The molecule has 0 saturated carbocycles. The molecular formula is C11H10FN3. The number of hydrogen-bond donors (Lipinski definition) is 1. The van der Waals surface area contributed by atoms with Crippen LogP contribution in [0.1, 0.15) is 5.69 Å². The standard InChI is InChI=1S/C11H10FN3/c12-10-5-8(6-13)15-7-9(10)11-3-1-2-4-14-11/h1-5,7H,6,13H2. The lowest BCUT2D eigenvalue weighted by atomic mass is 10.1. The molecule has 2 heterocycles. The van der Waals surface area contributed by atoms with Crippen molar-refractivity contribution in [3.63, 3.8) is 0 Å². The predicted molar refractivity (Wildman–Crippen MR) is 55.3 cm³/mol. The van der Waals surface area contributed by atoms with Crippen LogP contribution in [0.15, 0.2) is 36.7 Å². The lowest BCUT2D eigenvalue weighted by Crippen LogP contribution is -2.01. The van der Waals surface area contributed by atoms with Crippen LogP contribution in [0.2, 0.25) is 0 Å². The predicted octanol–water partition coefficient (Wildman–Crippen LogP) is 1.74. The van der Waals surface area contributed by atoms with Gasteiger partial charge in [-0.25, -0.2) is 4.39 Å². The minimum Gasteiger partial charge on any atom is -0.325 e. The zero-order valence-corrected chi connectivity index (χ0v) is 8.02. The third-order valence-corrected chi connectivity index (χ3v) is 2.06. The van der Waals surface area contributed by atoms with Gasteiger partial charge in [0.15, 0.2) is 0 Å². The van der Waals surface area contributed by atoms with Crippen LogP contribution in [0.25, 0.3) is 11.3 Å². The second-order valence-electron chi connectivity index (χ2n) is 3.07. The first kappa shape index (κ1) is 9.73. The van der Waals surface area contributed by atoms with Gasteiger partial charge in [-0.1, -0.05) is 6.07 Å². The van der Waals surface area contributed by atoms with Crippen LogP contribution in [0.4, 0.5) is 4.39 Å². The van der Waals surface area contributed by atoms with Crippen molar-refractivity contribution in [1.82, 2.24) is 9.97 Å². The molecule has 0 fully saturated rings. The van der Waals surface area contributed by atoms with Crippen molar-refractivity contribution < 1.29 is 4.39 Å². The van der Waals surface area contributed by atoms with Crippen LogP contribution in [0.5, 0.6) is 0 Å². The number of aromatic nitrogens is 2. The quantitative estimate of drug-likeness (QED) is 0.808. The first-order valence-electron chi connectivity index (χ1n) is 4.57. The number of halogens is 1. The Morgan fingerprint density at radius 1 is 1.27 bits per heavy atom. The van der Waals surface area contributed by atoms with E-state index in [1.54, 1.807) is 24.4 Å². The highest BCUT2D eigenvalue weighted by molar-refractivity contribution is 5.58. The van der Waals surface area contributed by atoms with Crippen LogP contribution >= 0.6 is 0 Å². The molecule has 0 saturated heterocycles. The Balaban J connectivity index is 2.46. The average Bonchev–Trinajstić information content (AvgIpc) is 2.30. The fraction of sp³-hybridized carbons (Fsp3) is 0.0909. The van der Waals surface area contributed by atoms with Gasteiger partial charge in [0, 0.05) is 18.9 Å². The maximum atomic E-state index is 13.6. The van der Waals surface area contributed by atoms with E-state index in [2.05, 4.69) is 9.97 Å². The van der Waals surface area contributed by atoms with E-state index in [-0.39, 0.29) is 12.4 Å². The molecule has 15 heavy (non-hydrogen) atoms. The van der Waals surface area contributed by atoms with Gasteiger partial charge in [-0.2, -0.15) is 0 Å². The lowest BCUT2D eigenvalue weighted by Gasteiger charge is -2.03. The SMILES string of the molecule is NCc1cc(F)c(-c2ccccn2)cn1. The third-order valence-electron chi connectivity index (χ3n) is 2.06. The highest BCUT2D eigenvalue weighted by Crippen LogP contribution is 2.19. The Morgan fingerprint density at radius 3 is 2.73 bits per heavy atom. The van der Waals surface area contributed by atoms with Crippen LogP contribution < -0.4 is 5.73 Å². The summed E-state index contributed by atoms with van der Waals surface area (Å²) < 4.78 is 13.6. The summed E-state index contributed by atoms with van der Waals surface area (Å²) in [5.74, 6) is -0.343. The minimum atomic E-state index is -0.343. The summed E-state index contributed by atoms with van der Waals surface area (Å²) >= 11 is 0. The summed E-state index contributed by atoms with van der Waals surface area (Å²) in [6.45, 7) is 0.236. The molecule has 0 aliphatic carbocycles. The van der Waals surface area contributed by atoms with Crippen molar-refractivity contribution >= 4 is 0 Å². The van der Waals surface area contributed by atoms with Gasteiger partial charge in [0.25, 0.3) is 0 Å². The Kier molecular flexibility index (Phi) is 2.69.